The number of aryl methyl sites for hydroxylation is 1. The van der Waals surface area contributed by atoms with E-state index in [4.69, 9.17) is 0 Å². The van der Waals surface area contributed by atoms with Gasteiger partial charge in [0.25, 0.3) is 5.91 Å². The highest BCUT2D eigenvalue weighted by Gasteiger charge is 2.12. The van der Waals surface area contributed by atoms with E-state index in [1.54, 1.807) is 36.0 Å². The van der Waals surface area contributed by atoms with Crippen LogP contribution in [0.3, 0.4) is 0 Å². The van der Waals surface area contributed by atoms with Crippen molar-refractivity contribution >= 4 is 17.2 Å². The fourth-order valence-electron chi connectivity index (χ4n) is 2.86. The summed E-state index contributed by atoms with van der Waals surface area (Å²) < 4.78 is 15.6. The van der Waals surface area contributed by atoms with Crippen molar-refractivity contribution in [3.05, 3.63) is 59.6 Å². The quantitative estimate of drug-likeness (QED) is 0.752. The van der Waals surface area contributed by atoms with Crippen molar-refractivity contribution in [2.24, 2.45) is 0 Å². The summed E-state index contributed by atoms with van der Waals surface area (Å²) in [5.41, 5.74) is 2.74. The van der Waals surface area contributed by atoms with Crippen LogP contribution in [0.15, 0.2) is 36.8 Å². The fourth-order valence-corrected chi connectivity index (χ4v) is 2.86. The van der Waals surface area contributed by atoms with E-state index in [1.807, 2.05) is 6.07 Å². The van der Waals surface area contributed by atoms with Crippen molar-refractivity contribution in [2.75, 3.05) is 5.32 Å². The van der Waals surface area contributed by atoms with Gasteiger partial charge in [0.1, 0.15) is 0 Å². The first-order chi connectivity index (χ1) is 12.0. The van der Waals surface area contributed by atoms with Crippen molar-refractivity contribution < 1.29 is 9.18 Å². The van der Waals surface area contributed by atoms with Gasteiger partial charge in [0, 0.05) is 30.4 Å². The number of carbonyl (C=O) groups is 1. The summed E-state index contributed by atoms with van der Waals surface area (Å²) in [7, 11) is 0. The molecule has 0 bridgehead atoms. The highest BCUT2D eigenvalue weighted by Crippen LogP contribution is 2.19. The van der Waals surface area contributed by atoms with E-state index in [9.17, 15) is 9.18 Å². The predicted octanol–water partition coefficient (Wildman–Crippen LogP) is 4.33. The first kappa shape index (κ1) is 17.1. The van der Waals surface area contributed by atoms with Gasteiger partial charge in [0.05, 0.1) is 16.9 Å². The van der Waals surface area contributed by atoms with Gasteiger partial charge in [-0.15, -0.1) is 0 Å². The SMILES string of the molecule is CCCC(C)c1ccc(C(=O)Nc2cc(F)c3nc(C)cn3c2)cn1. The van der Waals surface area contributed by atoms with Gasteiger partial charge in [-0.25, -0.2) is 9.37 Å². The van der Waals surface area contributed by atoms with E-state index in [0.29, 0.717) is 22.9 Å². The Morgan fingerprint density at radius 2 is 2.16 bits per heavy atom. The van der Waals surface area contributed by atoms with Crippen LogP contribution < -0.4 is 5.32 Å². The Labute approximate surface area is 145 Å². The van der Waals surface area contributed by atoms with Gasteiger partial charge in [0.2, 0.25) is 0 Å². The summed E-state index contributed by atoms with van der Waals surface area (Å²) in [4.78, 5) is 20.9. The molecule has 3 aromatic rings. The molecule has 0 aliphatic rings. The second-order valence-electron chi connectivity index (χ2n) is 6.31. The number of hydrogen-bond donors (Lipinski definition) is 1. The number of fused-ring (bicyclic) bond motifs is 1. The maximum absolute atomic E-state index is 14.1. The summed E-state index contributed by atoms with van der Waals surface area (Å²) in [6.45, 7) is 6.05. The van der Waals surface area contributed by atoms with Gasteiger partial charge in [-0.05, 0) is 31.4 Å². The van der Waals surface area contributed by atoms with E-state index in [2.05, 4.69) is 29.1 Å². The average molecular weight is 340 g/mol. The molecule has 1 unspecified atom stereocenters. The number of anilines is 1. The predicted molar refractivity (Wildman–Crippen MR) is 95.4 cm³/mol. The van der Waals surface area contributed by atoms with Crippen LogP contribution in [-0.2, 0) is 0 Å². The molecule has 1 atom stereocenters. The normalized spacial score (nSPS) is 12.3. The number of nitrogens with zero attached hydrogens (tertiary/aromatic N) is 3. The van der Waals surface area contributed by atoms with Gasteiger partial charge in [-0.1, -0.05) is 20.3 Å². The minimum atomic E-state index is -0.479. The van der Waals surface area contributed by atoms with Gasteiger partial charge in [-0.3, -0.25) is 9.78 Å². The van der Waals surface area contributed by atoms with Crippen LogP contribution in [0.5, 0.6) is 0 Å². The molecule has 0 saturated carbocycles. The van der Waals surface area contributed by atoms with Crippen LogP contribution >= 0.6 is 0 Å². The van der Waals surface area contributed by atoms with Crippen molar-refractivity contribution in [1.82, 2.24) is 14.4 Å². The van der Waals surface area contributed by atoms with E-state index < -0.39 is 5.82 Å². The highest BCUT2D eigenvalue weighted by molar-refractivity contribution is 6.04. The van der Waals surface area contributed by atoms with Gasteiger partial charge in [0.15, 0.2) is 11.5 Å². The lowest BCUT2D eigenvalue weighted by atomic mass is 10.0. The number of halogens is 1. The van der Waals surface area contributed by atoms with Crippen molar-refractivity contribution in [2.45, 2.75) is 39.5 Å². The molecule has 3 rings (SSSR count). The molecule has 1 N–H and O–H groups in total. The summed E-state index contributed by atoms with van der Waals surface area (Å²) >= 11 is 0. The van der Waals surface area contributed by atoms with E-state index in [1.165, 1.54) is 6.07 Å². The molecular formula is C19H21FN4O. The van der Waals surface area contributed by atoms with Crippen LogP contribution in [0.4, 0.5) is 10.1 Å². The molecule has 1 amide bonds. The highest BCUT2D eigenvalue weighted by atomic mass is 19.1. The third kappa shape index (κ3) is 3.68. The summed E-state index contributed by atoms with van der Waals surface area (Å²) in [5.74, 6) is -0.436. The van der Waals surface area contributed by atoms with E-state index >= 15 is 0 Å². The van der Waals surface area contributed by atoms with Crippen LogP contribution in [0.25, 0.3) is 5.65 Å². The number of nitrogens with one attached hydrogen (secondary N) is 1. The van der Waals surface area contributed by atoms with Crippen molar-refractivity contribution in [3.63, 3.8) is 0 Å². The number of pyridine rings is 2. The Morgan fingerprint density at radius 3 is 2.84 bits per heavy atom. The van der Waals surface area contributed by atoms with Crippen LogP contribution in [0.2, 0.25) is 0 Å². The Bertz CT molecular complexity index is 902. The average Bonchev–Trinajstić information content (AvgIpc) is 2.96. The van der Waals surface area contributed by atoms with Crippen molar-refractivity contribution in [3.8, 4) is 0 Å². The summed E-state index contributed by atoms with van der Waals surface area (Å²) in [6.07, 6.45) is 7.06. The third-order valence-electron chi connectivity index (χ3n) is 4.16. The zero-order valence-electron chi connectivity index (χ0n) is 14.6. The molecule has 0 aromatic carbocycles. The van der Waals surface area contributed by atoms with E-state index in [-0.39, 0.29) is 11.6 Å². The molecule has 3 heterocycles. The van der Waals surface area contributed by atoms with Crippen LogP contribution in [0.1, 0.15) is 54.4 Å². The lowest BCUT2D eigenvalue weighted by Crippen LogP contribution is -2.13. The lowest BCUT2D eigenvalue weighted by molar-refractivity contribution is 0.102. The number of carbonyl (C=O) groups excluding carboxylic acids is 1. The van der Waals surface area contributed by atoms with Crippen molar-refractivity contribution in [1.29, 1.82) is 0 Å². The lowest BCUT2D eigenvalue weighted by Gasteiger charge is -2.10. The molecule has 130 valence electrons. The number of amides is 1. The van der Waals surface area contributed by atoms with Crippen LogP contribution in [0, 0.1) is 12.7 Å². The monoisotopic (exact) mass is 340 g/mol. The molecular weight excluding hydrogens is 319 g/mol. The zero-order valence-corrected chi connectivity index (χ0v) is 14.6. The first-order valence-electron chi connectivity index (χ1n) is 8.40. The number of rotatable bonds is 5. The third-order valence-corrected chi connectivity index (χ3v) is 4.16. The summed E-state index contributed by atoms with van der Waals surface area (Å²) in [6, 6.07) is 4.89. The molecule has 0 radical (unpaired) electrons. The fraction of sp³-hybridized carbons (Fsp3) is 0.316. The summed E-state index contributed by atoms with van der Waals surface area (Å²) in [5, 5.41) is 2.71. The maximum atomic E-state index is 14.1. The molecule has 0 spiro atoms. The molecule has 0 saturated heterocycles. The molecule has 25 heavy (non-hydrogen) atoms. The second kappa shape index (κ2) is 7.01. The largest absolute Gasteiger partial charge is 0.321 e. The van der Waals surface area contributed by atoms with Gasteiger partial charge in [-0.2, -0.15) is 0 Å². The maximum Gasteiger partial charge on any atom is 0.257 e. The molecule has 0 aliphatic heterocycles. The number of imidazole rings is 1. The minimum Gasteiger partial charge on any atom is -0.321 e. The topological polar surface area (TPSA) is 59.3 Å². The standard InChI is InChI=1S/C19H21FN4O/c1-4-5-12(2)17-7-6-14(9-21-17)19(25)23-15-8-16(20)18-22-13(3)10-24(18)11-15/h6-12H,4-5H2,1-3H3,(H,23,25). The minimum absolute atomic E-state index is 0.242. The van der Waals surface area contributed by atoms with Gasteiger partial charge < -0.3 is 9.72 Å². The number of hydrogen-bond acceptors (Lipinski definition) is 3. The molecule has 0 aliphatic carbocycles. The van der Waals surface area contributed by atoms with Gasteiger partial charge >= 0.3 is 0 Å². The van der Waals surface area contributed by atoms with Crippen LogP contribution in [-0.4, -0.2) is 20.3 Å². The Balaban J connectivity index is 1.78. The van der Waals surface area contributed by atoms with E-state index in [0.717, 1.165) is 18.5 Å². The second-order valence-corrected chi connectivity index (χ2v) is 6.31. The Kier molecular flexibility index (Phi) is 4.79. The molecule has 6 heteroatoms. The molecule has 3 aromatic heterocycles. The molecule has 0 fully saturated rings. The Morgan fingerprint density at radius 1 is 1.36 bits per heavy atom. The number of aromatic nitrogens is 3. The first-order valence-corrected chi connectivity index (χ1v) is 8.40. The molecule has 5 nitrogen and oxygen atoms in total. The smallest absolute Gasteiger partial charge is 0.257 e. The zero-order chi connectivity index (χ0) is 18.0. The Hall–Kier alpha value is -2.76.